The number of carbonyl (C=O) groups is 10. The zero-order valence-corrected chi connectivity index (χ0v) is 56.0. The average molecular weight is 1170 g/mol. The second kappa shape index (κ2) is 63.5. The van der Waals surface area contributed by atoms with Crippen LogP contribution in [0.3, 0.4) is 0 Å². The summed E-state index contributed by atoms with van der Waals surface area (Å²) in [5.41, 5.74) is -1.78. The van der Waals surface area contributed by atoms with Crippen molar-refractivity contribution in [2.75, 3.05) is 20.6 Å². The number of nitriles is 1. The van der Waals surface area contributed by atoms with Gasteiger partial charge in [-0.15, -0.1) is 0 Å². The molecule has 0 saturated carbocycles. The number of carbonyl (C=O) groups excluding carboxylic acids is 10. The Morgan fingerprint density at radius 1 is 0.531 bits per heavy atom. The fourth-order valence-corrected chi connectivity index (χ4v) is 3.83. The third-order valence-corrected chi connectivity index (χ3v) is 9.40. The third-order valence-electron chi connectivity index (χ3n) is 9.18. The van der Waals surface area contributed by atoms with E-state index in [-0.39, 0.29) is 99.5 Å². The minimum Gasteiger partial charge on any atom is -0.306 e. The third kappa shape index (κ3) is 80.9. The lowest BCUT2D eigenvalue weighted by Gasteiger charge is -2.03. The van der Waals surface area contributed by atoms with E-state index >= 15 is 0 Å². The Kier molecular flexibility index (Phi) is 76.4. The van der Waals surface area contributed by atoms with E-state index < -0.39 is 23.0 Å². The summed E-state index contributed by atoms with van der Waals surface area (Å²) in [6.07, 6.45) is 13.0. The van der Waals surface area contributed by atoms with Gasteiger partial charge in [-0.05, 0) is 65.1 Å². The molecule has 0 aromatic carbocycles. The molecule has 81 heavy (non-hydrogen) atoms. The maximum absolute atomic E-state index is 11.8. The highest BCUT2D eigenvalue weighted by Crippen LogP contribution is 2.07. The molecule has 0 radical (unpaired) electrons. The summed E-state index contributed by atoms with van der Waals surface area (Å²) in [7, 11) is 3.95. The molecule has 0 aromatic heterocycles. The molecule has 15 heteroatoms. The number of hydrogen-bond donors (Lipinski definition) is 0. The van der Waals surface area contributed by atoms with Crippen LogP contribution in [0.5, 0.6) is 0 Å². The van der Waals surface area contributed by atoms with E-state index in [2.05, 4.69) is 31.6 Å². The minimum atomic E-state index is -1.82. The molecule has 0 bridgehead atoms. The van der Waals surface area contributed by atoms with E-state index in [0.717, 1.165) is 6.54 Å². The van der Waals surface area contributed by atoms with Gasteiger partial charge in [-0.3, -0.25) is 47.9 Å². The lowest BCUT2D eigenvalue weighted by atomic mass is 10.0. The van der Waals surface area contributed by atoms with Crippen molar-refractivity contribution < 1.29 is 56.7 Å². The van der Waals surface area contributed by atoms with Gasteiger partial charge in [0.25, 0.3) is 0 Å². The standard InChI is InChI=1S/C9H17NO.C7H9NO.2C7H12O.C7H10O.C6H9FO.2C6H12O.C6H10O.C5H8ClFO/c1-8(2)9(11)6-5-7-10(3)4;1-5(2)7(9)6(3)4-8;3*1-4-5-7(8)6(2)3;1-4(2)6(8)5(3)7;3*1-4-6(7)5(2)3;1-3(2)4(8)5(6)7/h5-6,8H,7H2,1-4H3;5H,3H2,1-2H3;2*4-6H,1-3H3;6H,1-3H3;4H,3H2,1-2H3;2*5H,4H2,1-3H3;4-5H,1H2,2-3H3;3,5H,1-2H3/b6-5+;;2*5-4+;;;;;;. The van der Waals surface area contributed by atoms with Crippen molar-refractivity contribution in [2.24, 2.45) is 59.2 Å². The van der Waals surface area contributed by atoms with Gasteiger partial charge in [-0.2, -0.15) is 5.26 Å². The number of rotatable bonds is 21. The fourth-order valence-electron chi connectivity index (χ4n) is 3.57. The molecule has 0 saturated heterocycles. The zero-order chi connectivity index (χ0) is 67.0. The summed E-state index contributed by atoms with van der Waals surface area (Å²) in [5, 5.41) is 8.18. The van der Waals surface area contributed by atoms with Crippen molar-refractivity contribution in [3.05, 3.63) is 73.7 Å². The van der Waals surface area contributed by atoms with Crippen molar-refractivity contribution in [1.82, 2.24) is 4.90 Å². The number of alkyl halides is 2. The van der Waals surface area contributed by atoms with Gasteiger partial charge in [0.1, 0.15) is 17.6 Å². The Morgan fingerprint density at radius 3 is 0.938 bits per heavy atom. The number of likely N-dealkylation sites (N-methyl/N-ethyl adjacent to an activating group) is 1. The first-order chi connectivity index (χ1) is 36.8. The van der Waals surface area contributed by atoms with Crippen molar-refractivity contribution >= 4 is 69.4 Å². The lowest BCUT2D eigenvalue weighted by molar-refractivity contribution is -0.124. The first kappa shape index (κ1) is 97.5. The zero-order valence-electron chi connectivity index (χ0n) is 55.2. The first-order valence-corrected chi connectivity index (χ1v) is 28.0. The first-order valence-electron chi connectivity index (χ1n) is 27.5. The van der Waals surface area contributed by atoms with Crippen LogP contribution >= 0.6 is 11.6 Å². The van der Waals surface area contributed by atoms with Gasteiger partial charge in [0.2, 0.25) is 11.4 Å². The quantitative estimate of drug-likeness (QED) is 0.0347. The largest absolute Gasteiger partial charge is 0.306 e. The summed E-state index contributed by atoms with van der Waals surface area (Å²) in [6.45, 7) is 55.9. The topological polar surface area (TPSA) is 198 Å². The summed E-state index contributed by atoms with van der Waals surface area (Å²) >= 11 is 4.81. The normalized spacial score (nSPS) is 10.3. The Hall–Kier alpha value is -5.70. The van der Waals surface area contributed by atoms with Gasteiger partial charge in [0, 0.05) is 78.6 Å². The molecule has 0 aliphatic heterocycles. The summed E-state index contributed by atoms with van der Waals surface area (Å²) < 4.78 is 23.6. The van der Waals surface area contributed by atoms with Crippen LogP contribution < -0.4 is 0 Å². The van der Waals surface area contributed by atoms with E-state index in [1.165, 1.54) is 6.08 Å². The summed E-state index contributed by atoms with van der Waals surface area (Å²) in [4.78, 5) is 108. The Labute approximate surface area is 497 Å². The van der Waals surface area contributed by atoms with Gasteiger partial charge in [0.15, 0.2) is 46.3 Å². The Balaban J connectivity index is -0.0000000867. The Morgan fingerprint density at radius 2 is 0.852 bits per heavy atom. The molecule has 0 aliphatic carbocycles. The van der Waals surface area contributed by atoms with Crippen LogP contribution in [0.2, 0.25) is 0 Å². The maximum atomic E-state index is 11.8. The van der Waals surface area contributed by atoms with E-state index in [1.807, 2.05) is 150 Å². The number of allylic oxidation sites excluding steroid dienone is 8. The van der Waals surface area contributed by atoms with Crippen LogP contribution in [-0.2, 0) is 47.9 Å². The second-order valence-electron chi connectivity index (χ2n) is 20.8. The number of halogens is 3. The summed E-state index contributed by atoms with van der Waals surface area (Å²) in [6, 6.07) is 1.70. The van der Waals surface area contributed by atoms with Crippen LogP contribution in [0.15, 0.2) is 73.7 Å². The molecule has 1 atom stereocenters. The van der Waals surface area contributed by atoms with Gasteiger partial charge in [-0.1, -0.05) is 208 Å². The molecular formula is C66H111ClF2N2O10. The molecule has 0 aromatic rings. The van der Waals surface area contributed by atoms with Gasteiger partial charge in [-0.25, -0.2) is 8.78 Å². The smallest absolute Gasteiger partial charge is 0.231 e. The molecule has 0 aliphatic rings. The van der Waals surface area contributed by atoms with Crippen molar-refractivity contribution in [3.63, 3.8) is 0 Å². The molecule has 1 unspecified atom stereocenters. The number of ketones is 10. The molecular weight excluding hydrogens is 1050 g/mol. The minimum absolute atomic E-state index is 0.0208. The second-order valence-corrected chi connectivity index (χ2v) is 21.2. The van der Waals surface area contributed by atoms with E-state index in [9.17, 15) is 56.7 Å². The summed E-state index contributed by atoms with van der Waals surface area (Å²) in [5.74, 6) is 4.70. The van der Waals surface area contributed by atoms with E-state index in [0.29, 0.717) is 24.4 Å². The highest BCUT2D eigenvalue weighted by atomic mass is 35.5. The predicted octanol–water partition coefficient (Wildman–Crippen LogP) is 15.5. The van der Waals surface area contributed by atoms with Gasteiger partial charge in [0.05, 0.1) is 5.57 Å². The average Bonchev–Trinajstić information content (AvgIpc) is 3.38. The number of Topliss-reactive ketones (excluding diaryl/α,β-unsaturated/α-hetero) is 6. The molecule has 0 heterocycles. The van der Waals surface area contributed by atoms with Crippen LogP contribution in [0.4, 0.5) is 8.78 Å². The van der Waals surface area contributed by atoms with Crippen LogP contribution in [0.1, 0.15) is 186 Å². The van der Waals surface area contributed by atoms with Gasteiger partial charge < -0.3 is 4.90 Å². The predicted molar refractivity (Wildman–Crippen MR) is 336 cm³/mol. The maximum Gasteiger partial charge on any atom is 0.231 e. The number of hydrogen-bond acceptors (Lipinski definition) is 12. The molecule has 0 spiro atoms. The van der Waals surface area contributed by atoms with Crippen LogP contribution in [-0.4, -0.2) is 89.0 Å². The van der Waals surface area contributed by atoms with Crippen LogP contribution in [0, 0.1) is 82.4 Å². The molecule has 0 rings (SSSR count). The molecule has 12 nitrogen and oxygen atoms in total. The van der Waals surface area contributed by atoms with Crippen LogP contribution in [0.25, 0.3) is 0 Å². The Bertz CT molecular complexity index is 1970. The number of nitrogens with zero attached hydrogens (tertiary/aromatic N) is 2. The molecule has 466 valence electrons. The molecule has 0 amide bonds. The van der Waals surface area contributed by atoms with Crippen molar-refractivity contribution in [3.8, 4) is 17.9 Å². The van der Waals surface area contributed by atoms with E-state index in [1.54, 1.807) is 84.9 Å². The van der Waals surface area contributed by atoms with Crippen molar-refractivity contribution in [2.45, 2.75) is 192 Å². The highest BCUT2D eigenvalue weighted by Gasteiger charge is 2.16. The highest BCUT2D eigenvalue weighted by molar-refractivity contribution is 6.30. The lowest BCUT2D eigenvalue weighted by Crippen LogP contribution is -2.15. The van der Waals surface area contributed by atoms with E-state index in [4.69, 9.17) is 16.9 Å². The SMILES string of the molecule is C/C=C/C(=O)C(C)C.C/C=C/C(=O)C(C)C.C=C(C#N)C(=O)C(C)C.C=C(F)C(=O)C(C)C.C=CC(=O)C(C)C.CC#CC(=O)C(C)C.CC(C)C(=O)/C=C/CN(C)C.CC(C)C(=O)C(F)Cl.CCC(=O)C(C)C.CCC(=O)C(C)C. The monoisotopic (exact) mass is 1160 g/mol. The molecule has 0 fully saturated rings. The van der Waals surface area contributed by atoms with Crippen molar-refractivity contribution in [1.29, 1.82) is 5.26 Å². The fraction of sp³-hybridized carbons (Fsp3) is 0.621. The van der Waals surface area contributed by atoms with Gasteiger partial charge >= 0.3 is 0 Å². The molecule has 0 N–H and O–H groups in total.